The van der Waals surface area contributed by atoms with Crippen LogP contribution in [-0.2, 0) is 13.6 Å². The topological polar surface area (TPSA) is 35.5 Å². The van der Waals surface area contributed by atoms with Crippen LogP contribution in [0.4, 0.5) is 0 Å². The second-order valence-electron chi connectivity index (χ2n) is 1.72. The molecule has 0 aliphatic carbocycles. The van der Waals surface area contributed by atoms with E-state index in [9.17, 15) is 4.57 Å². The molecule has 1 unspecified atom stereocenters. The number of hydrogen-bond acceptors (Lipinski definition) is 3. The molecule has 1 atom stereocenters. The van der Waals surface area contributed by atoms with Crippen LogP contribution >= 0.6 is 8.25 Å². The van der Waals surface area contributed by atoms with Crippen molar-refractivity contribution in [3.8, 4) is 24.4 Å². The summed E-state index contributed by atoms with van der Waals surface area (Å²) in [4.78, 5) is 0. The first-order valence-electron chi connectivity index (χ1n) is 3.49. The molecule has 0 fully saturated rings. The minimum Gasteiger partial charge on any atom is -0.173 e. The quantitative estimate of drug-likeness (QED) is 0.382. The Labute approximate surface area is 73.4 Å². The molecule has 0 amide bonds. The summed E-state index contributed by atoms with van der Waals surface area (Å²) in [5.41, 5.74) is 0. The molecule has 0 rings (SSSR count). The van der Waals surface area contributed by atoms with Crippen LogP contribution in [0, 0.1) is 24.4 Å². The van der Waals surface area contributed by atoms with Gasteiger partial charge in [-0.1, -0.05) is 5.92 Å². The predicted octanol–water partition coefficient (Wildman–Crippen LogP) is 2.07. The van der Waals surface area contributed by atoms with Gasteiger partial charge < -0.3 is 0 Å². The maximum absolute atomic E-state index is 10.6. The molecule has 0 aromatic heterocycles. The van der Waals surface area contributed by atoms with Gasteiger partial charge >= 0.3 is 8.25 Å². The van der Waals surface area contributed by atoms with Crippen LogP contribution < -0.4 is 0 Å². The van der Waals surface area contributed by atoms with Gasteiger partial charge in [0.25, 0.3) is 0 Å². The molecule has 0 aromatic carbocycles. The van der Waals surface area contributed by atoms with Crippen molar-refractivity contribution in [2.45, 2.75) is 19.8 Å². The highest BCUT2D eigenvalue weighted by Crippen LogP contribution is 2.21. The van der Waals surface area contributed by atoms with Crippen LogP contribution in [0.1, 0.15) is 19.8 Å². The zero-order chi connectivity index (χ0) is 9.23. The Morgan fingerprint density at radius 2 is 2.25 bits per heavy atom. The van der Waals surface area contributed by atoms with E-state index >= 15 is 0 Å². The lowest BCUT2D eigenvalue weighted by molar-refractivity contribution is 0.293. The molecular formula is C8H10O3P+. The van der Waals surface area contributed by atoms with Crippen LogP contribution in [0.3, 0.4) is 0 Å². The van der Waals surface area contributed by atoms with E-state index in [1.54, 1.807) is 6.92 Å². The van der Waals surface area contributed by atoms with Crippen molar-refractivity contribution in [1.29, 1.82) is 0 Å². The Hall–Kier alpha value is -1.02. The maximum atomic E-state index is 10.6. The molecule has 12 heavy (non-hydrogen) atoms. The Morgan fingerprint density at radius 3 is 2.83 bits per heavy atom. The van der Waals surface area contributed by atoms with Crippen LogP contribution in [0.25, 0.3) is 0 Å². The SMILES string of the molecule is C#CCCC#CO[P+](=O)OCC. The lowest BCUT2D eigenvalue weighted by Crippen LogP contribution is -1.77. The summed E-state index contributed by atoms with van der Waals surface area (Å²) in [6, 6.07) is 0. The number of unbranched alkanes of at least 4 members (excludes halogenated alkanes) is 1. The Kier molecular flexibility index (Phi) is 7.39. The van der Waals surface area contributed by atoms with Crippen molar-refractivity contribution < 1.29 is 13.6 Å². The zero-order valence-electron chi connectivity index (χ0n) is 6.87. The summed E-state index contributed by atoms with van der Waals surface area (Å²) < 4.78 is 19.7. The van der Waals surface area contributed by atoms with Crippen molar-refractivity contribution >= 4 is 8.25 Å². The molecule has 4 heteroatoms. The Balaban J connectivity index is 3.44. The third kappa shape index (κ3) is 7.09. The molecule has 0 aliphatic heterocycles. The number of rotatable bonds is 4. The molecule has 0 aliphatic rings. The molecule has 0 saturated heterocycles. The molecule has 3 nitrogen and oxygen atoms in total. The fraction of sp³-hybridized carbons (Fsp3) is 0.500. The summed E-state index contributed by atoms with van der Waals surface area (Å²) in [5, 5.41) is 0. The second kappa shape index (κ2) is 8.08. The van der Waals surface area contributed by atoms with Gasteiger partial charge in [0.1, 0.15) is 6.61 Å². The summed E-state index contributed by atoms with van der Waals surface area (Å²) in [6.07, 6.45) is 8.35. The van der Waals surface area contributed by atoms with Crippen LogP contribution in [0.15, 0.2) is 0 Å². The minimum atomic E-state index is -2.08. The van der Waals surface area contributed by atoms with Crippen molar-refractivity contribution in [1.82, 2.24) is 0 Å². The van der Waals surface area contributed by atoms with Crippen molar-refractivity contribution in [2.24, 2.45) is 0 Å². The second-order valence-corrected chi connectivity index (χ2v) is 2.60. The molecule has 0 N–H and O–H groups in total. The van der Waals surface area contributed by atoms with Gasteiger partial charge in [-0.3, -0.25) is 0 Å². The first-order chi connectivity index (χ1) is 5.81. The monoisotopic (exact) mass is 185 g/mol. The van der Waals surface area contributed by atoms with Gasteiger partial charge in [0, 0.05) is 17.4 Å². The molecule has 0 radical (unpaired) electrons. The fourth-order valence-corrected chi connectivity index (χ4v) is 0.790. The third-order valence-corrected chi connectivity index (χ3v) is 1.53. The lowest BCUT2D eigenvalue weighted by Gasteiger charge is -1.77. The van der Waals surface area contributed by atoms with Gasteiger partial charge in [0.2, 0.25) is 0 Å². The highest BCUT2D eigenvalue weighted by atomic mass is 31.1. The molecule has 0 heterocycles. The van der Waals surface area contributed by atoms with E-state index < -0.39 is 8.25 Å². The third-order valence-electron chi connectivity index (χ3n) is 0.821. The van der Waals surface area contributed by atoms with E-state index in [4.69, 9.17) is 6.42 Å². The number of terminal acetylenes is 1. The molecule has 64 valence electrons. The predicted molar refractivity (Wildman–Crippen MR) is 46.2 cm³/mol. The van der Waals surface area contributed by atoms with Gasteiger partial charge in [-0.05, 0) is 6.92 Å². The van der Waals surface area contributed by atoms with E-state index in [2.05, 4.69) is 27.0 Å². The average molecular weight is 185 g/mol. The number of hydrogen-bond donors (Lipinski definition) is 0. The van der Waals surface area contributed by atoms with Crippen LogP contribution in [-0.4, -0.2) is 6.61 Å². The smallest absolute Gasteiger partial charge is 0.173 e. The zero-order valence-corrected chi connectivity index (χ0v) is 7.77. The van der Waals surface area contributed by atoms with Crippen molar-refractivity contribution in [3.63, 3.8) is 0 Å². The van der Waals surface area contributed by atoms with Gasteiger partial charge in [0.15, 0.2) is 6.11 Å². The average Bonchev–Trinajstić information content (AvgIpc) is 2.05. The lowest BCUT2D eigenvalue weighted by atomic mass is 10.3. The van der Waals surface area contributed by atoms with Crippen molar-refractivity contribution in [2.75, 3.05) is 6.61 Å². The largest absolute Gasteiger partial charge is 0.759 e. The summed E-state index contributed by atoms with van der Waals surface area (Å²) in [6.45, 7) is 2.07. The molecular weight excluding hydrogens is 175 g/mol. The van der Waals surface area contributed by atoms with Crippen LogP contribution in [0.5, 0.6) is 0 Å². The Morgan fingerprint density at radius 1 is 1.50 bits per heavy atom. The Bertz CT molecular complexity index is 231. The van der Waals surface area contributed by atoms with E-state index in [0.29, 0.717) is 19.4 Å². The standard InChI is InChI=1S/C8H10O3P/c1-3-5-6-7-8-11-12(9)10-4-2/h1H,4-6H2,2H3/q+1. The maximum Gasteiger partial charge on any atom is 0.759 e. The van der Waals surface area contributed by atoms with Gasteiger partial charge in [-0.25, -0.2) is 0 Å². The highest BCUT2D eigenvalue weighted by Gasteiger charge is 2.17. The molecule has 0 bridgehead atoms. The van der Waals surface area contributed by atoms with E-state index in [0.717, 1.165) is 0 Å². The first-order valence-corrected chi connectivity index (χ1v) is 4.59. The first kappa shape index (κ1) is 11.0. The highest BCUT2D eigenvalue weighted by molar-refractivity contribution is 7.33. The van der Waals surface area contributed by atoms with Gasteiger partial charge in [0.05, 0.1) is 0 Å². The molecule has 0 saturated carbocycles. The van der Waals surface area contributed by atoms with E-state index in [1.807, 2.05) is 0 Å². The fourth-order valence-electron chi connectivity index (χ4n) is 0.387. The van der Waals surface area contributed by atoms with Crippen LogP contribution in [0.2, 0.25) is 0 Å². The van der Waals surface area contributed by atoms with Gasteiger partial charge in [-0.2, -0.15) is 4.52 Å². The summed E-state index contributed by atoms with van der Waals surface area (Å²) in [5.74, 6) is 5.02. The molecule has 0 aromatic rings. The minimum absolute atomic E-state index is 0.348. The van der Waals surface area contributed by atoms with Crippen molar-refractivity contribution in [3.05, 3.63) is 0 Å². The van der Waals surface area contributed by atoms with E-state index in [-0.39, 0.29) is 0 Å². The van der Waals surface area contributed by atoms with E-state index in [1.165, 1.54) is 0 Å². The summed E-state index contributed by atoms with van der Waals surface area (Å²) >= 11 is 0. The summed E-state index contributed by atoms with van der Waals surface area (Å²) in [7, 11) is -2.08. The molecule has 0 spiro atoms. The normalized spacial score (nSPS) is 9.17. The van der Waals surface area contributed by atoms with Gasteiger partial charge in [-0.15, -0.1) is 16.9 Å².